The van der Waals surface area contributed by atoms with Crippen LogP contribution in [0.5, 0.6) is 0 Å². The lowest BCUT2D eigenvalue weighted by Crippen LogP contribution is -2.29. The number of allylic oxidation sites excluding steroid dienone is 3. The SMILES string of the molecule is C=C1CC(=C/C)/C(=C\C)C(=O)N1. The summed E-state index contributed by atoms with van der Waals surface area (Å²) in [6.07, 6.45) is 4.54. The average molecular weight is 163 g/mol. The van der Waals surface area contributed by atoms with Gasteiger partial charge in [-0.25, -0.2) is 0 Å². The van der Waals surface area contributed by atoms with Crippen molar-refractivity contribution >= 4 is 5.91 Å². The first-order valence-electron chi connectivity index (χ1n) is 4.00. The molecule has 1 amide bonds. The summed E-state index contributed by atoms with van der Waals surface area (Å²) in [5.41, 5.74) is 2.61. The second kappa shape index (κ2) is 3.39. The second-order valence-electron chi connectivity index (χ2n) is 2.75. The minimum absolute atomic E-state index is 0.0400. The number of nitrogens with one attached hydrogen (secondary N) is 1. The zero-order valence-electron chi connectivity index (χ0n) is 7.48. The van der Waals surface area contributed by atoms with E-state index < -0.39 is 0 Å². The topological polar surface area (TPSA) is 29.1 Å². The molecule has 1 aliphatic rings. The van der Waals surface area contributed by atoms with E-state index in [1.54, 1.807) is 0 Å². The second-order valence-corrected chi connectivity index (χ2v) is 2.75. The fraction of sp³-hybridized carbons (Fsp3) is 0.300. The van der Waals surface area contributed by atoms with Gasteiger partial charge in [-0.1, -0.05) is 18.7 Å². The molecule has 1 saturated heterocycles. The van der Waals surface area contributed by atoms with E-state index in [1.165, 1.54) is 0 Å². The molecule has 0 aromatic rings. The summed E-state index contributed by atoms with van der Waals surface area (Å²) in [6.45, 7) is 7.53. The van der Waals surface area contributed by atoms with Gasteiger partial charge < -0.3 is 5.32 Å². The van der Waals surface area contributed by atoms with Crippen molar-refractivity contribution < 1.29 is 4.79 Å². The number of amides is 1. The fourth-order valence-corrected chi connectivity index (χ4v) is 1.32. The lowest BCUT2D eigenvalue weighted by atomic mass is 9.96. The predicted octanol–water partition coefficient (Wildman–Crippen LogP) is 1.91. The molecule has 2 heteroatoms. The van der Waals surface area contributed by atoms with Crippen LogP contribution in [0, 0.1) is 0 Å². The molecule has 0 spiro atoms. The maximum Gasteiger partial charge on any atom is 0.255 e. The zero-order chi connectivity index (χ0) is 9.14. The van der Waals surface area contributed by atoms with Crippen molar-refractivity contribution in [2.45, 2.75) is 20.3 Å². The van der Waals surface area contributed by atoms with Crippen molar-refractivity contribution in [3.63, 3.8) is 0 Å². The molecule has 0 atom stereocenters. The number of rotatable bonds is 0. The molecular weight excluding hydrogens is 150 g/mol. The van der Waals surface area contributed by atoms with Crippen LogP contribution in [-0.4, -0.2) is 5.91 Å². The van der Waals surface area contributed by atoms with Crippen LogP contribution in [0.4, 0.5) is 0 Å². The molecule has 0 aromatic carbocycles. The highest BCUT2D eigenvalue weighted by atomic mass is 16.1. The van der Waals surface area contributed by atoms with Crippen LogP contribution in [0.15, 0.2) is 35.6 Å². The van der Waals surface area contributed by atoms with Gasteiger partial charge in [0.1, 0.15) is 0 Å². The largest absolute Gasteiger partial charge is 0.326 e. The van der Waals surface area contributed by atoms with Crippen LogP contribution < -0.4 is 5.32 Å². The number of hydrogen-bond acceptors (Lipinski definition) is 1. The monoisotopic (exact) mass is 163 g/mol. The van der Waals surface area contributed by atoms with Gasteiger partial charge in [0.2, 0.25) is 0 Å². The Labute approximate surface area is 72.7 Å². The Morgan fingerprint density at radius 1 is 1.42 bits per heavy atom. The maximum absolute atomic E-state index is 11.3. The molecule has 1 fully saturated rings. The van der Waals surface area contributed by atoms with Crippen molar-refractivity contribution in [3.05, 3.63) is 35.6 Å². The van der Waals surface area contributed by atoms with Crippen LogP contribution in [0.3, 0.4) is 0 Å². The van der Waals surface area contributed by atoms with Gasteiger partial charge >= 0.3 is 0 Å². The molecular formula is C10H13NO. The summed E-state index contributed by atoms with van der Waals surface area (Å²) >= 11 is 0. The van der Waals surface area contributed by atoms with Crippen LogP contribution >= 0.6 is 0 Å². The van der Waals surface area contributed by atoms with Crippen molar-refractivity contribution in [1.29, 1.82) is 0 Å². The molecule has 1 aliphatic heterocycles. The Morgan fingerprint density at radius 2 is 2.08 bits per heavy atom. The molecule has 0 bridgehead atoms. The summed E-state index contributed by atoms with van der Waals surface area (Å²) in [6, 6.07) is 0. The molecule has 2 nitrogen and oxygen atoms in total. The van der Waals surface area contributed by atoms with E-state index in [1.807, 2.05) is 26.0 Å². The molecule has 0 aliphatic carbocycles. The van der Waals surface area contributed by atoms with Gasteiger partial charge in [-0.05, 0) is 19.4 Å². The highest BCUT2D eigenvalue weighted by molar-refractivity contribution is 6.00. The molecule has 1 N–H and O–H groups in total. The third-order valence-electron chi connectivity index (χ3n) is 1.92. The minimum atomic E-state index is -0.0400. The molecule has 1 heterocycles. The van der Waals surface area contributed by atoms with Crippen molar-refractivity contribution in [3.8, 4) is 0 Å². The van der Waals surface area contributed by atoms with Gasteiger partial charge in [0.05, 0.1) is 0 Å². The molecule has 1 rings (SSSR count). The standard InChI is InChI=1S/C10H13NO/c1-4-8-6-7(3)11-10(12)9(8)5-2/h4-5H,3,6H2,1-2H3,(H,11,12)/b8-4-,9-5+. The lowest BCUT2D eigenvalue weighted by Gasteiger charge is -2.20. The quantitative estimate of drug-likeness (QED) is 0.543. The van der Waals surface area contributed by atoms with Gasteiger partial charge in [-0.3, -0.25) is 4.79 Å². The molecule has 64 valence electrons. The molecule has 12 heavy (non-hydrogen) atoms. The highest BCUT2D eigenvalue weighted by Crippen LogP contribution is 2.22. The Balaban J connectivity index is 3.01. The Morgan fingerprint density at radius 3 is 2.58 bits per heavy atom. The van der Waals surface area contributed by atoms with Gasteiger partial charge in [-0.2, -0.15) is 0 Å². The smallest absolute Gasteiger partial charge is 0.255 e. The van der Waals surface area contributed by atoms with Gasteiger partial charge in [0.15, 0.2) is 0 Å². The van der Waals surface area contributed by atoms with Crippen molar-refractivity contribution in [2.24, 2.45) is 0 Å². The highest BCUT2D eigenvalue weighted by Gasteiger charge is 2.19. The minimum Gasteiger partial charge on any atom is -0.326 e. The number of carbonyl (C=O) groups excluding carboxylic acids is 1. The summed E-state index contributed by atoms with van der Waals surface area (Å²) in [5, 5.41) is 2.70. The molecule has 0 saturated carbocycles. The van der Waals surface area contributed by atoms with Gasteiger partial charge in [0.25, 0.3) is 5.91 Å². The zero-order valence-corrected chi connectivity index (χ0v) is 7.48. The average Bonchev–Trinajstić information content (AvgIpc) is 2.03. The first-order chi connectivity index (χ1) is 5.69. The summed E-state index contributed by atoms with van der Waals surface area (Å²) in [5.74, 6) is -0.0400. The normalized spacial score (nSPS) is 24.8. The molecule has 0 radical (unpaired) electrons. The Bertz CT molecular complexity index is 284. The molecule has 0 aromatic heterocycles. The number of hydrogen-bond donors (Lipinski definition) is 1. The number of piperidine rings is 1. The third kappa shape index (κ3) is 1.47. The summed E-state index contributed by atoms with van der Waals surface area (Å²) < 4.78 is 0. The van der Waals surface area contributed by atoms with Crippen molar-refractivity contribution in [1.82, 2.24) is 5.32 Å². The Kier molecular flexibility index (Phi) is 2.48. The van der Waals surface area contributed by atoms with E-state index in [2.05, 4.69) is 11.9 Å². The van der Waals surface area contributed by atoms with Crippen molar-refractivity contribution in [2.75, 3.05) is 0 Å². The summed E-state index contributed by atoms with van der Waals surface area (Å²) in [7, 11) is 0. The third-order valence-corrected chi connectivity index (χ3v) is 1.92. The van der Waals surface area contributed by atoms with E-state index in [0.29, 0.717) is 0 Å². The first-order valence-corrected chi connectivity index (χ1v) is 4.00. The summed E-state index contributed by atoms with van der Waals surface area (Å²) in [4.78, 5) is 11.3. The van der Waals surface area contributed by atoms with Gasteiger partial charge in [0, 0.05) is 17.7 Å². The molecule has 0 unspecified atom stereocenters. The van der Waals surface area contributed by atoms with E-state index >= 15 is 0 Å². The van der Waals surface area contributed by atoms with E-state index in [4.69, 9.17) is 0 Å². The predicted molar refractivity (Wildman–Crippen MR) is 49.4 cm³/mol. The van der Waals surface area contributed by atoms with Crippen LogP contribution in [0.25, 0.3) is 0 Å². The van der Waals surface area contributed by atoms with Crippen LogP contribution in [0.1, 0.15) is 20.3 Å². The van der Waals surface area contributed by atoms with Gasteiger partial charge in [-0.15, -0.1) is 0 Å². The van der Waals surface area contributed by atoms with Crippen LogP contribution in [-0.2, 0) is 4.79 Å². The lowest BCUT2D eigenvalue weighted by molar-refractivity contribution is -0.117. The Hall–Kier alpha value is -1.31. The number of carbonyl (C=O) groups is 1. The van der Waals surface area contributed by atoms with Crippen LogP contribution in [0.2, 0.25) is 0 Å². The van der Waals surface area contributed by atoms with E-state index in [9.17, 15) is 4.79 Å². The first kappa shape index (κ1) is 8.78. The van der Waals surface area contributed by atoms with E-state index in [-0.39, 0.29) is 5.91 Å². The maximum atomic E-state index is 11.3. The van der Waals surface area contributed by atoms with E-state index in [0.717, 1.165) is 23.3 Å². The fourth-order valence-electron chi connectivity index (χ4n) is 1.32.